The minimum atomic E-state index is 0.422. The molecular weight excluding hydrogens is 204 g/mol. The molecule has 0 aromatic carbocycles. The van der Waals surface area contributed by atoms with Gasteiger partial charge in [0.1, 0.15) is 11.6 Å². The Bertz CT molecular complexity index is 464. The number of hydrogen-bond donors (Lipinski definition) is 2. The van der Waals surface area contributed by atoms with Gasteiger partial charge >= 0.3 is 0 Å². The predicted octanol–water partition coefficient (Wildman–Crippen LogP) is 0.447. The standard InChI is InChI=1S/C10H14N6/c1-16-8(3-5-14-16)2-4-13-10-7-12-6-9(11)15-10/h3,5-7H,2,4H2,1H3,(H3,11,13,15). The summed E-state index contributed by atoms with van der Waals surface area (Å²) in [5.41, 5.74) is 6.69. The van der Waals surface area contributed by atoms with Crippen LogP contribution in [0.25, 0.3) is 0 Å². The fourth-order valence-corrected chi connectivity index (χ4v) is 1.43. The van der Waals surface area contributed by atoms with Gasteiger partial charge in [-0.05, 0) is 6.07 Å². The highest BCUT2D eigenvalue weighted by atomic mass is 15.3. The molecule has 0 fully saturated rings. The Kier molecular flexibility index (Phi) is 3.00. The normalized spacial score (nSPS) is 10.3. The van der Waals surface area contributed by atoms with Gasteiger partial charge in [0.15, 0.2) is 0 Å². The molecule has 6 heteroatoms. The molecule has 2 aromatic rings. The number of anilines is 2. The Morgan fingerprint density at radius 2 is 2.31 bits per heavy atom. The third-order valence-electron chi connectivity index (χ3n) is 2.26. The number of hydrogen-bond acceptors (Lipinski definition) is 5. The molecule has 2 heterocycles. The fraction of sp³-hybridized carbons (Fsp3) is 0.300. The largest absolute Gasteiger partial charge is 0.382 e. The molecule has 3 N–H and O–H groups in total. The van der Waals surface area contributed by atoms with Crippen LogP contribution >= 0.6 is 0 Å². The number of aromatic nitrogens is 4. The number of nitrogens with one attached hydrogen (secondary N) is 1. The van der Waals surface area contributed by atoms with Gasteiger partial charge in [-0.2, -0.15) is 5.10 Å². The molecule has 0 saturated carbocycles. The van der Waals surface area contributed by atoms with Crippen molar-refractivity contribution < 1.29 is 0 Å². The molecule has 2 aromatic heterocycles. The molecule has 0 bridgehead atoms. The number of nitrogens with zero attached hydrogens (tertiary/aromatic N) is 4. The van der Waals surface area contributed by atoms with Crippen LogP contribution in [-0.4, -0.2) is 26.3 Å². The molecule has 16 heavy (non-hydrogen) atoms. The average Bonchev–Trinajstić information content (AvgIpc) is 2.65. The van der Waals surface area contributed by atoms with Crippen molar-refractivity contribution in [2.75, 3.05) is 17.6 Å². The number of rotatable bonds is 4. The van der Waals surface area contributed by atoms with Crippen molar-refractivity contribution in [2.45, 2.75) is 6.42 Å². The van der Waals surface area contributed by atoms with Crippen LogP contribution in [0.1, 0.15) is 5.69 Å². The monoisotopic (exact) mass is 218 g/mol. The van der Waals surface area contributed by atoms with Gasteiger partial charge in [-0.25, -0.2) is 4.98 Å². The summed E-state index contributed by atoms with van der Waals surface area (Å²) >= 11 is 0. The average molecular weight is 218 g/mol. The summed E-state index contributed by atoms with van der Waals surface area (Å²) in [6, 6.07) is 1.99. The van der Waals surface area contributed by atoms with Crippen molar-refractivity contribution in [1.82, 2.24) is 19.7 Å². The first kappa shape index (κ1) is 10.4. The summed E-state index contributed by atoms with van der Waals surface area (Å²) in [7, 11) is 1.93. The minimum Gasteiger partial charge on any atom is -0.382 e. The fourth-order valence-electron chi connectivity index (χ4n) is 1.43. The Morgan fingerprint density at radius 1 is 1.44 bits per heavy atom. The maximum atomic E-state index is 5.52. The topological polar surface area (TPSA) is 81.7 Å². The van der Waals surface area contributed by atoms with Crippen molar-refractivity contribution in [3.05, 3.63) is 30.4 Å². The SMILES string of the molecule is Cn1nccc1CCNc1cncc(N)n1. The summed E-state index contributed by atoms with van der Waals surface area (Å²) in [6.45, 7) is 0.775. The summed E-state index contributed by atoms with van der Waals surface area (Å²) < 4.78 is 1.85. The van der Waals surface area contributed by atoms with Crippen LogP contribution in [0.4, 0.5) is 11.6 Å². The van der Waals surface area contributed by atoms with Gasteiger partial charge in [0, 0.05) is 31.9 Å². The molecule has 0 aliphatic heterocycles. The van der Waals surface area contributed by atoms with Gasteiger partial charge in [0.25, 0.3) is 0 Å². The lowest BCUT2D eigenvalue weighted by Gasteiger charge is -2.05. The van der Waals surface area contributed by atoms with Crippen LogP contribution in [0.2, 0.25) is 0 Å². The van der Waals surface area contributed by atoms with E-state index in [1.807, 2.05) is 17.8 Å². The van der Waals surface area contributed by atoms with Gasteiger partial charge in [-0.1, -0.05) is 0 Å². The minimum absolute atomic E-state index is 0.422. The smallest absolute Gasteiger partial charge is 0.146 e. The molecule has 0 spiro atoms. The van der Waals surface area contributed by atoms with E-state index in [2.05, 4.69) is 20.4 Å². The van der Waals surface area contributed by atoms with Gasteiger partial charge < -0.3 is 11.1 Å². The second-order valence-corrected chi connectivity index (χ2v) is 3.45. The predicted molar refractivity (Wildman–Crippen MR) is 61.8 cm³/mol. The van der Waals surface area contributed by atoms with Crippen molar-refractivity contribution >= 4 is 11.6 Å². The highest BCUT2D eigenvalue weighted by Crippen LogP contribution is 2.03. The Hall–Kier alpha value is -2.11. The van der Waals surface area contributed by atoms with Crippen LogP contribution in [0.3, 0.4) is 0 Å². The second-order valence-electron chi connectivity index (χ2n) is 3.45. The Morgan fingerprint density at radius 3 is 3.00 bits per heavy atom. The van der Waals surface area contributed by atoms with Gasteiger partial charge in [0.05, 0.1) is 12.4 Å². The van der Waals surface area contributed by atoms with Gasteiger partial charge in [-0.15, -0.1) is 0 Å². The van der Waals surface area contributed by atoms with E-state index in [9.17, 15) is 0 Å². The lowest BCUT2D eigenvalue weighted by atomic mass is 10.3. The van der Waals surface area contributed by atoms with E-state index < -0.39 is 0 Å². The first-order chi connectivity index (χ1) is 7.75. The number of aryl methyl sites for hydroxylation is 1. The highest BCUT2D eigenvalue weighted by Gasteiger charge is 1.99. The van der Waals surface area contributed by atoms with E-state index in [4.69, 9.17) is 5.73 Å². The molecule has 0 aliphatic rings. The van der Waals surface area contributed by atoms with Crippen molar-refractivity contribution in [1.29, 1.82) is 0 Å². The highest BCUT2D eigenvalue weighted by molar-refractivity contribution is 5.38. The van der Waals surface area contributed by atoms with E-state index in [0.29, 0.717) is 11.6 Å². The molecule has 0 radical (unpaired) electrons. The van der Waals surface area contributed by atoms with Crippen molar-refractivity contribution in [3.63, 3.8) is 0 Å². The Balaban J connectivity index is 1.87. The third kappa shape index (κ3) is 2.47. The van der Waals surface area contributed by atoms with Crippen LogP contribution in [-0.2, 0) is 13.5 Å². The van der Waals surface area contributed by atoms with Crippen molar-refractivity contribution in [3.8, 4) is 0 Å². The zero-order valence-electron chi connectivity index (χ0n) is 9.09. The number of nitrogens with two attached hydrogens (primary N) is 1. The lowest BCUT2D eigenvalue weighted by Crippen LogP contribution is -2.10. The maximum Gasteiger partial charge on any atom is 0.146 e. The van der Waals surface area contributed by atoms with Gasteiger partial charge in [-0.3, -0.25) is 9.67 Å². The van der Waals surface area contributed by atoms with E-state index in [0.717, 1.165) is 13.0 Å². The molecule has 0 saturated heterocycles. The zero-order valence-corrected chi connectivity index (χ0v) is 9.09. The molecular formula is C10H14N6. The van der Waals surface area contributed by atoms with Crippen LogP contribution in [0.5, 0.6) is 0 Å². The second kappa shape index (κ2) is 4.61. The zero-order chi connectivity index (χ0) is 11.4. The molecule has 84 valence electrons. The summed E-state index contributed by atoms with van der Waals surface area (Å²) in [4.78, 5) is 8.05. The third-order valence-corrected chi connectivity index (χ3v) is 2.26. The summed E-state index contributed by atoms with van der Waals surface area (Å²) in [6.07, 6.45) is 5.84. The lowest BCUT2D eigenvalue weighted by molar-refractivity contribution is 0.711. The molecule has 0 aliphatic carbocycles. The van der Waals surface area contributed by atoms with E-state index in [-0.39, 0.29) is 0 Å². The summed E-state index contributed by atoms with van der Waals surface area (Å²) in [5, 5.41) is 7.25. The quantitative estimate of drug-likeness (QED) is 0.778. The molecule has 6 nitrogen and oxygen atoms in total. The van der Waals surface area contributed by atoms with Crippen molar-refractivity contribution in [2.24, 2.45) is 7.05 Å². The first-order valence-corrected chi connectivity index (χ1v) is 5.04. The molecule has 0 atom stereocenters. The Labute approximate surface area is 93.5 Å². The van der Waals surface area contributed by atoms with Crippen LogP contribution in [0, 0.1) is 0 Å². The first-order valence-electron chi connectivity index (χ1n) is 5.04. The van der Waals surface area contributed by atoms with Crippen LogP contribution < -0.4 is 11.1 Å². The molecule has 0 unspecified atom stereocenters. The maximum absolute atomic E-state index is 5.52. The summed E-state index contributed by atoms with van der Waals surface area (Å²) in [5.74, 6) is 1.12. The molecule has 2 rings (SSSR count). The van der Waals surface area contributed by atoms with Crippen LogP contribution in [0.15, 0.2) is 24.7 Å². The van der Waals surface area contributed by atoms with Gasteiger partial charge in [0.2, 0.25) is 0 Å². The van der Waals surface area contributed by atoms with E-state index in [1.54, 1.807) is 12.4 Å². The van der Waals surface area contributed by atoms with E-state index in [1.165, 1.54) is 11.9 Å². The van der Waals surface area contributed by atoms with E-state index >= 15 is 0 Å². The molecule has 0 amide bonds. The number of nitrogen functional groups attached to an aromatic ring is 1.